The van der Waals surface area contributed by atoms with Crippen molar-refractivity contribution in [2.75, 3.05) is 0 Å². The molecule has 19 heteroatoms. The quantitative estimate of drug-likeness (QED) is 0.136. The first-order chi connectivity index (χ1) is 21.7. The molecular formula is C30H32Br2F8O9. The fourth-order valence-corrected chi connectivity index (χ4v) is 4.29. The summed E-state index contributed by atoms with van der Waals surface area (Å²) in [5.41, 5.74) is -6.46. The Morgan fingerprint density at radius 2 is 0.878 bits per heavy atom. The van der Waals surface area contributed by atoms with E-state index in [1.54, 1.807) is 41.5 Å². The van der Waals surface area contributed by atoms with Crippen LogP contribution in [0.4, 0.5) is 44.7 Å². The van der Waals surface area contributed by atoms with Gasteiger partial charge in [-0.25, -0.2) is 28.0 Å². The number of carbonyl (C=O) groups is 4. The molecule has 0 aliphatic carbocycles. The molecule has 2 aromatic rings. The van der Waals surface area contributed by atoms with E-state index in [0.717, 1.165) is 0 Å². The Balaban J connectivity index is 0.000000713. The summed E-state index contributed by atoms with van der Waals surface area (Å²) in [6.07, 6.45) is -11.5. The van der Waals surface area contributed by atoms with Crippen LogP contribution >= 0.6 is 31.9 Å². The van der Waals surface area contributed by atoms with Crippen LogP contribution in [0.15, 0.2) is 33.2 Å². The zero-order chi connectivity index (χ0) is 39.1. The molecule has 0 atom stereocenters. The van der Waals surface area contributed by atoms with Crippen molar-refractivity contribution < 1.29 is 78.4 Å². The number of carboxylic acids is 1. The predicted molar refractivity (Wildman–Crippen MR) is 164 cm³/mol. The van der Waals surface area contributed by atoms with Crippen LogP contribution < -0.4 is 0 Å². The van der Waals surface area contributed by atoms with E-state index in [0.29, 0.717) is 24.3 Å². The van der Waals surface area contributed by atoms with E-state index >= 15 is 0 Å². The van der Waals surface area contributed by atoms with Crippen LogP contribution in [0.2, 0.25) is 0 Å². The highest BCUT2D eigenvalue weighted by Crippen LogP contribution is 2.39. The zero-order valence-corrected chi connectivity index (χ0v) is 30.5. The molecule has 276 valence electrons. The number of esters is 1. The van der Waals surface area contributed by atoms with Crippen LogP contribution in [0.5, 0.6) is 0 Å². The van der Waals surface area contributed by atoms with Crippen molar-refractivity contribution in [1.29, 1.82) is 0 Å². The van der Waals surface area contributed by atoms with Crippen molar-refractivity contribution in [3.63, 3.8) is 0 Å². The second-order valence-corrected chi connectivity index (χ2v) is 14.0. The molecule has 0 aliphatic heterocycles. The number of halogens is 10. The van der Waals surface area contributed by atoms with Gasteiger partial charge in [-0.3, -0.25) is 0 Å². The third kappa shape index (κ3) is 16.7. The monoisotopic (exact) mass is 846 g/mol. The number of aromatic carboxylic acids is 1. The Hall–Kier alpha value is -3.48. The summed E-state index contributed by atoms with van der Waals surface area (Å²) < 4.78 is 118. The Labute approximate surface area is 292 Å². The molecule has 0 aliphatic rings. The molecular weight excluding hydrogens is 816 g/mol. The molecule has 9 nitrogen and oxygen atoms in total. The van der Waals surface area contributed by atoms with Gasteiger partial charge >= 0.3 is 36.6 Å². The van der Waals surface area contributed by atoms with Crippen molar-refractivity contribution in [2.24, 2.45) is 0 Å². The summed E-state index contributed by atoms with van der Waals surface area (Å²) in [5, 5.41) is 8.50. The first-order valence-corrected chi connectivity index (χ1v) is 15.0. The van der Waals surface area contributed by atoms with Gasteiger partial charge in [-0.15, -0.1) is 0 Å². The van der Waals surface area contributed by atoms with Crippen LogP contribution in [0, 0.1) is 11.6 Å². The van der Waals surface area contributed by atoms with E-state index in [-0.39, 0.29) is 0 Å². The van der Waals surface area contributed by atoms with Gasteiger partial charge in [0, 0.05) is 8.95 Å². The third-order valence-electron chi connectivity index (χ3n) is 4.56. The molecule has 2 rings (SSSR count). The van der Waals surface area contributed by atoms with Crippen LogP contribution in [-0.2, 0) is 31.3 Å². The van der Waals surface area contributed by atoms with Gasteiger partial charge in [0.2, 0.25) is 0 Å². The summed E-state index contributed by atoms with van der Waals surface area (Å²) in [6, 6.07) is 2.10. The first-order valence-electron chi connectivity index (χ1n) is 13.4. The number of alkyl halides is 6. The zero-order valence-electron chi connectivity index (χ0n) is 27.3. The highest BCUT2D eigenvalue weighted by Gasteiger charge is 2.37. The number of carbonyl (C=O) groups excluding carboxylic acids is 3. The lowest BCUT2D eigenvalue weighted by molar-refractivity contribution is -0.139. The molecule has 0 fully saturated rings. The Bertz CT molecular complexity index is 1490. The highest BCUT2D eigenvalue weighted by molar-refractivity contribution is 9.11. The Morgan fingerprint density at radius 1 is 0.571 bits per heavy atom. The summed E-state index contributed by atoms with van der Waals surface area (Å²) in [4.78, 5) is 44.2. The van der Waals surface area contributed by atoms with Crippen molar-refractivity contribution in [2.45, 2.75) is 91.5 Å². The van der Waals surface area contributed by atoms with Gasteiger partial charge in [-0.05, 0) is 118 Å². The minimum atomic E-state index is -4.73. The number of hydrogen-bond donors (Lipinski definition) is 1. The second kappa shape index (κ2) is 17.0. The first kappa shape index (κ1) is 45.5. The summed E-state index contributed by atoms with van der Waals surface area (Å²) >= 11 is 5.04. The fourth-order valence-electron chi connectivity index (χ4n) is 2.86. The van der Waals surface area contributed by atoms with Gasteiger partial charge in [0.1, 0.15) is 39.6 Å². The van der Waals surface area contributed by atoms with Crippen molar-refractivity contribution in [1.82, 2.24) is 0 Å². The maximum absolute atomic E-state index is 13.5. The van der Waals surface area contributed by atoms with Crippen molar-refractivity contribution in [3.05, 3.63) is 67.1 Å². The molecule has 1 N–H and O–H groups in total. The van der Waals surface area contributed by atoms with Crippen LogP contribution in [0.1, 0.15) is 94.2 Å². The van der Waals surface area contributed by atoms with E-state index in [2.05, 4.69) is 36.6 Å². The van der Waals surface area contributed by atoms with E-state index in [1.807, 2.05) is 0 Å². The Kier molecular flexibility index (Phi) is 15.8. The molecule has 0 unspecified atom stereocenters. The van der Waals surface area contributed by atoms with Crippen molar-refractivity contribution in [3.8, 4) is 0 Å². The number of benzene rings is 2. The largest absolute Gasteiger partial charge is 0.519 e. The predicted octanol–water partition coefficient (Wildman–Crippen LogP) is 10.7. The number of rotatable bonds is 2. The molecule has 0 saturated heterocycles. The Morgan fingerprint density at radius 3 is 1.16 bits per heavy atom. The lowest BCUT2D eigenvalue weighted by atomic mass is 10.1. The average molecular weight is 848 g/mol. The minimum Gasteiger partial charge on any atom is -0.478 e. The summed E-state index contributed by atoms with van der Waals surface area (Å²) in [7, 11) is 0. The SMILES string of the molecule is CC(C)(C)OC(=O)OC(=O)OC(C)(C)C.CC(C)(C)OC(=O)c1c(F)ccc(C(F)(F)F)c1Br.O=C(O)c1c(F)ccc(C(F)(F)F)c1Br. The molecule has 0 amide bonds. The normalized spacial score (nSPS) is 12.0. The van der Waals surface area contributed by atoms with Gasteiger partial charge in [0.15, 0.2) is 0 Å². The number of hydrogen-bond acceptors (Lipinski definition) is 8. The maximum atomic E-state index is 13.5. The van der Waals surface area contributed by atoms with E-state index in [4.69, 9.17) is 19.3 Å². The van der Waals surface area contributed by atoms with E-state index in [9.17, 15) is 54.3 Å². The van der Waals surface area contributed by atoms with E-state index in [1.165, 1.54) is 20.8 Å². The molecule has 0 bridgehead atoms. The second-order valence-electron chi connectivity index (χ2n) is 12.4. The number of ether oxygens (including phenoxy) is 4. The van der Waals surface area contributed by atoms with Crippen LogP contribution in [-0.4, -0.2) is 46.2 Å². The molecule has 0 aromatic heterocycles. The molecule has 0 saturated carbocycles. The molecule has 2 aromatic carbocycles. The topological polar surface area (TPSA) is 125 Å². The van der Waals surface area contributed by atoms with Crippen LogP contribution in [0.25, 0.3) is 0 Å². The van der Waals surface area contributed by atoms with Gasteiger partial charge in [0.25, 0.3) is 0 Å². The van der Waals surface area contributed by atoms with Gasteiger partial charge < -0.3 is 24.1 Å². The van der Waals surface area contributed by atoms with Gasteiger partial charge in [-0.2, -0.15) is 26.3 Å². The number of carboxylic acid groups (broad SMARTS) is 1. The lowest BCUT2D eigenvalue weighted by Crippen LogP contribution is -2.29. The smallest absolute Gasteiger partial charge is 0.478 e. The molecule has 0 heterocycles. The summed E-state index contributed by atoms with van der Waals surface area (Å²) in [6.45, 7) is 14.6. The summed E-state index contributed by atoms with van der Waals surface area (Å²) in [5.74, 6) is -5.20. The van der Waals surface area contributed by atoms with Crippen LogP contribution in [0.3, 0.4) is 0 Å². The van der Waals surface area contributed by atoms with Crippen molar-refractivity contribution >= 4 is 56.1 Å². The minimum absolute atomic E-state index is 0.469. The van der Waals surface area contributed by atoms with Gasteiger partial charge in [0.05, 0.1) is 11.1 Å². The highest BCUT2D eigenvalue weighted by atomic mass is 79.9. The lowest BCUT2D eigenvalue weighted by Gasteiger charge is -2.21. The molecule has 49 heavy (non-hydrogen) atoms. The molecule has 0 spiro atoms. The van der Waals surface area contributed by atoms with Gasteiger partial charge in [-0.1, -0.05) is 0 Å². The standard InChI is InChI=1S/C12H11BrF4O2.C10H18O5.C8H3BrF4O2/c1-11(2,3)19-10(18)8-7(14)5-4-6(9(8)13)12(15,16)17;1-9(2,3)14-7(11)13-8(12)15-10(4,5)6;9-6-3(8(11,12)13)1-2-4(10)5(6)7(14)15/h4-5H,1-3H3;1-6H3;1-2H,(H,14,15). The average Bonchev–Trinajstić information content (AvgIpc) is 2.79. The third-order valence-corrected chi connectivity index (χ3v) is 6.20. The fraction of sp³-hybridized carbons (Fsp3) is 0.467. The van der Waals surface area contributed by atoms with E-state index < -0.39 is 96.2 Å². The molecule has 0 radical (unpaired) electrons. The maximum Gasteiger partial charge on any atom is 0.519 e.